The van der Waals surface area contributed by atoms with E-state index in [2.05, 4.69) is 15.5 Å². The normalized spacial score (nSPS) is 22.5. The number of piperidine rings is 1. The van der Waals surface area contributed by atoms with Crippen LogP contribution in [0.4, 0.5) is 14.5 Å². The summed E-state index contributed by atoms with van der Waals surface area (Å²) in [5.41, 5.74) is -0.265. The molecule has 1 aromatic carbocycles. The van der Waals surface area contributed by atoms with Crippen molar-refractivity contribution in [2.75, 3.05) is 31.5 Å². The quantitative estimate of drug-likeness (QED) is 0.698. The Morgan fingerprint density at radius 2 is 1.79 bits per heavy atom. The second-order valence-electron chi connectivity index (χ2n) is 8.55. The maximum Gasteiger partial charge on any atom is 0.238 e. The number of anilines is 1. The molecule has 3 N–H and O–H groups in total. The number of piperazine rings is 1. The van der Waals surface area contributed by atoms with Gasteiger partial charge < -0.3 is 15.7 Å². The standard InChI is InChI=1S/C19H26F2N4O3/c1-19(2,3)23-17(28)10-25-12-6-13(25)8-24(7-12)9-16(27)22-11-4-14(20)18(21)15(26)5-11/h4-5,12-13,26H,6-10H2,1-3H3,(H,22,27)(H,23,28). The van der Waals surface area contributed by atoms with Crippen LogP contribution in [-0.2, 0) is 9.59 Å². The molecule has 2 unspecified atom stereocenters. The number of nitrogens with one attached hydrogen (secondary N) is 2. The molecule has 0 radical (unpaired) electrons. The highest BCUT2D eigenvalue weighted by Gasteiger charge is 2.45. The van der Waals surface area contributed by atoms with Crippen molar-refractivity contribution in [2.24, 2.45) is 0 Å². The lowest BCUT2D eigenvalue weighted by Gasteiger charge is -2.56. The molecule has 3 fully saturated rings. The van der Waals surface area contributed by atoms with Crippen molar-refractivity contribution >= 4 is 17.5 Å². The maximum absolute atomic E-state index is 13.3. The summed E-state index contributed by atoms with van der Waals surface area (Å²) in [7, 11) is 0. The van der Waals surface area contributed by atoms with Crippen LogP contribution < -0.4 is 10.6 Å². The molecule has 0 aliphatic carbocycles. The number of fused-ring (bicyclic) bond motifs is 2. The Morgan fingerprint density at radius 3 is 2.36 bits per heavy atom. The van der Waals surface area contributed by atoms with Crippen LogP contribution in [0.1, 0.15) is 27.2 Å². The van der Waals surface area contributed by atoms with Gasteiger partial charge in [-0.2, -0.15) is 4.39 Å². The molecule has 7 nitrogen and oxygen atoms in total. The summed E-state index contributed by atoms with van der Waals surface area (Å²) in [6.45, 7) is 7.60. The number of hydrogen-bond donors (Lipinski definition) is 3. The number of nitrogens with zero attached hydrogens (tertiary/aromatic N) is 2. The Balaban J connectivity index is 1.48. The highest BCUT2D eigenvalue weighted by atomic mass is 19.2. The largest absolute Gasteiger partial charge is 0.505 e. The summed E-state index contributed by atoms with van der Waals surface area (Å²) in [6.07, 6.45) is 0.998. The first-order valence-corrected chi connectivity index (χ1v) is 9.29. The number of halogens is 2. The molecule has 3 saturated heterocycles. The van der Waals surface area contributed by atoms with E-state index in [0.29, 0.717) is 19.6 Å². The number of carbonyl (C=O) groups excluding carboxylic acids is 2. The van der Waals surface area contributed by atoms with Gasteiger partial charge in [0.05, 0.1) is 13.1 Å². The van der Waals surface area contributed by atoms with Gasteiger partial charge in [0.1, 0.15) is 0 Å². The molecule has 3 aliphatic heterocycles. The molecule has 2 atom stereocenters. The zero-order valence-electron chi connectivity index (χ0n) is 16.3. The number of amides is 2. The summed E-state index contributed by atoms with van der Waals surface area (Å²) in [6, 6.07) is 2.25. The number of benzene rings is 1. The molecule has 3 aliphatic rings. The fourth-order valence-corrected chi connectivity index (χ4v) is 3.84. The van der Waals surface area contributed by atoms with E-state index in [9.17, 15) is 23.5 Å². The van der Waals surface area contributed by atoms with Gasteiger partial charge in [0, 0.05) is 48.5 Å². The van der Waals surface area contributed by atoms with Crippen LogP contribution in [0.5, 0.6) is 5.75 Å². The average molecular weight is 396 g/mol. The molecule has 3 heterocycles. The lowest BCUT2D eigenvalue weighted by Crippen LogP contribution is -2.70. The number of phenolic OH excluding ortho intramolecular Hbond substituents is 1. The van der Waals surface area contributed by atoms with Gasteiger partial charge in [-0.3, -0.25) is 19.4 Å². The lowest BCUT2D eigenvalue weighted by atomic mass is 9.87. The third kappa shape index (κ3) is 4.77. The van der Waals surface area contributed by atoms with Crippen LogP contribution in [0.2, 0.25) is 0 Å². The average Bonchev–Trinajstić information content (AvgIpc) is 2.56. The Hall–Kier alpha value is -2.26. The zero-order valence-corrected chi connectivity index (χ0v) is 16.3. The Labute approximate surface area is 162 Å². The summed E-state index contributed by atoms with van der Waals surface area (Å²) >= 11 is 0. The molecule has 9 heteroatoms. The number of aromatic hydroxyl groups is 1. The number of rotatable bonds is 5. The first-order chi connectivity index (χ1) is 13.0. The molecule has 2 amide bonds. The van der Waals surface area contributed by atoms with Crippen LogP contribution in [0.15, 0.2) is 12.1 Å². The van der Waals surface area contributed by atoms with Crippen molar-refractivity contribution in [1.82, 2.24) is 15.1 Å². The van der Waals surface area contributed by atoms with Gasteiger partial charge >= 0.3 is 0 Å². The van der Waals surface area contributed by atoms with Crippen LogP contribution in [0.3, 0.4) is 0 Å². The fraction of sp³-hybridized carbons (Fsp3) is 0.579. The van der Waals surface area contributed by atoms with Crippen LogP contribution in [0, 0.1) is 11.6 Å². The monoisotopic (exact) mass is 396 g/mol. The second kappa shape index (κ2) is 7.63. The van der Waals surface area contributed by atoms with E-state index in [1.54, 1.807) is 0 Å². The highest BCUT2D eigenvalue weighted by Crippen LogP contribution is 2.32. The highest BCUT2D eigenvalue weighted by molar-refractivity contribution is 5.92. The number of hydrogen-bond acceptors (Lipinski definition) is 5. The Morgan fingerprint density at radius 1 is 1.14 bits per heavy atom. The van der Waals surface area contributed by atoms with Crippen LogP contribution >= 0.6 is 0 Å². The van der Waals surface area contributed by atoms with E-state index >= 15 is 0 Å². The minimum absolute atomic E-state index is 0.00375. The van der Waals surface area contributed by atoms with Crippen molar-refractivity contribution in [3.05, 3.63) is 23.8 Å². The SMILES string of the molecule is CC(C)(C)NC(=O)CN1C2CC1CN(CC(=O)Nc1cc(O)c(F)c(F)c1)C2. The molecule has 0 spiro atoms. The van der Waals surface area contributed by atoms with Crippen molar-refractivity contribution < 1.29 is 23.5 Å². The topological polar surface area (TPSA) is 84.9 Å². The lowest BCUT2D eigenvalue weighted by molar-refractivity contribution is -0.134. The van der Waals surface area contributed by atoms with Gasteiger partial charge in [-0.05, 0) is 27.2 Å². The van der Waals surface area contributed by atoms with Crippen molar-refractivity contribution in [3.8, 4) is 5.75 Å². The predicted molar refractivity (Wildman–Crippen MR) is 99.9 cm³/mol. The Bertz CT molecular complexity index is 746. The summed E-state index contributed by atoms with van der Waals surface area (Å²) in [4.78, 5) is 28.5. The van der Waals surface area contributed by atoms with E-state index in [1.807, 2.05) is 25.7 Å². The number of carbonyl (C=O) groups is 2. The molecule has 0 saturated carbocycles. The minimum atomic E-state index is -1.34. The number of phenols is 1. The van der Waals surface area contributed by atoms with E-state index in [-0.39, 0.29) is 41.7 Å². The van der Waals surface area contributed by atoms with Gasteiger partial charge in [-0.1, -0.05) is 0 Å². The first kappa shape index (κ1) is 20.5. The summed E-state index contributed by atoms with van der Waals surface area (Å²) in [5, 5.41) is 14.7. The molecule has 154 valence electrons. The molecular weight excluding hydrogens is 370 g/mol. The summed E-state index contributed by atoms with van der Waals surface area (Å²) < 4.78 is 26.4. The van der Waals surface area contributed by atoms with E-state index < -0.39 is 17.4 Å². The van der Waals surface area contributed by atoms with Gasteiger partial charge in [-0.15, -0.1) is 0 Å². The molecule has 2 bridgehead atoms. The first-order valence-electron chi connectivity index (χ1n) is 9.29. The molecule has 4 rings (SSSR count). The van der Waals surface area contributed by atoms with Gasteiger partial charge in [0.15, 0.2) is 17.4 Å². The minimum Gasteiger partial charge on any atom is -0.505 e. The maximum atomic E-state index is 13.3. The van der Waals surface area contributed by atoms with Gasteiger partial charge in [-0.25, -0.2) is 4.39 Å². The van der Waals surface area contributed by atoms with Gasteiger partial charge in [0.25, 0.3) is 0 Å². The zero-order chi connectivity index (χ0) is 20.6. The summed E-state index contributed by atoms with van der Waals surface area (Å²) in [5.74, 6) is -3.79. The fourth-order valence-electron chi connectivity index (χ4n) is 3.84. The third-order valence-electron chi connectivity index (χ3n) is 4.92. The molecule has 28 heavy (non-hydrogen) atoms. The smallest absolute Gasteiger partial charge is 0.238 e. The second-order valence-corrected chi connectivity index (χ2v) is 8.55. The third-order valence-corrected chi connectivity index (χ3v) is 4.92. The van der Waals surface area contributed by atoms with Crippen LogP contribution in [0.25, 0.3) is 0 Å². The Kier molecular flexibility index (Phi) is 5.58. The van der Waals surface area contributed by atoms with E-state index in [4.69, 9.17) is 0 Å². The van der Waals surface area contributed by atoms with Crippen molar-refractivity contribution in [1.29, 1.82) is 0 Å². The predicted octanol–water partition coefficient (Wildman–Crippen LogP) is 1.28. The van der Waals surface area contributed by atoms with Crippen molar-refractivity contribution in [3.63, 3.8) is 0 Å². The van der Waals surface area contributed by atoms with Gasteiger partial charge in [0.2, 0.25) is 11.8 Å². The van der Waals surface area contributed by atoms with Crippen molar-refractivity contribution in [2.45, 2.75) is 44.8 Å². The van der Waals surface area contributed by atoms with E-state index in [1.165, 1.54) is 0 Å². The molecular formula is C19H26F2N4O3. The molecule has 1 aromatic rings. The van der Waals surface area contributed by atoms with Crippen LogP contribution in [-0.4, -0.2) is 70.5 Å². The molecule has 0 aromatic heterocycles. The van der Waals surface area contributed by atoms with E-state index in [0.717, 1.165) is 18.6 Å².